The smallest absolute Gasteiger partial charge is 0.123 e. The highest BCUT2D eigenvalue weighted by molar-refractivity contribution is 5.47. The SMILES string of the molecule is C=Cc1ccc(C(C)Oc2ccccc2C)cc1. The largest absolute Gasteiger partial charge is 0.486 e. The molecule has 0 spiro atoms. The van der Waals surface area contributed by atoms with E-state index in [9.17, 15) is 0 Å². The van der Waals surface area contributed by atoms with E-state index in [-0.39, 0.29) is 6.10 Å². The van der Waals surface area contributed by atoms with E-state index in [1.54, 1.807) is 0 Å². The Labute approximate surface area is 109 Å². The van der Waals surface area contributed by atoms with Gasteiger partial charge in [0.05, 0.1) is 0 Å². The van der Waals surface area contributed by atoms with E-state index in [2.05, 4.69) is 50.8 Å². The molecule has 1 nitrogen and oxygen atoms in total. The Kier molecular flexibility index (Phi) is 3.83. The third-order valence-electron chi connectivity index (χ3n) is 3.04. The lowest BCUT2D eigenvalue weighted by Crippen LogP contribution is -2.03. The molecule has 0 N–H and O–H groups in total. The van der Waals surface area contributed by atoms with Gasteiger partial charge in [-0.15, -0.1) is 0 Å². The first-order valence-corrected chi connectivity index (χ1v) is 6.15. The Balaban J connectivity index is 2.14. The molecule has 0 amide bonds. The second kappa shape index (κ2) is 5.54. The fourth-order valence-electron chi connectivity index (χ4n) is 1.85. The van der Waals surface area contributed by atoms with E-state index in [0.717, 1.165) is 16.9 Å². The molecule has 92 valence electrons. The molecule has 2 rings (SSSR count). The first-order chi connectivity index (χ1) is 8.70. The normalized spacial score (nSPS) is 11.9. The minimum atomic E-state index is 0.0463. The van der Waals surface area contributed by atoms with Crippen molar-refractivity contribution in [2.24, 2.45) is 0 Å². The molecule has 2 aromatic carbocycles. The maximum absolute atomic E-state index is 5.98. The van der Waals surface area contributed by atoms with E-state index in [1.807, 2.05) is 24.3 Å². The van der Waals surface area contributed by atoms with Crippen LogP contribution in [-0.4, -0.2) is 0 Å². The summed E-state index contributed by atoms with van der Waals surface area (Å²) in [6.07, 6.45) is 1.89. The summed E-state index contributed by atoms with van der Waals surface area (Å²) in [5.41, 5.74) is 3.46. The second-order valence-electron chi connectivity index (χ2n) is 4.40. The molecule has 18 heavy (non-hydrogen) atoms. The molecule has 1 atom stereocenters. The molecule has 0 fully saturated rings. The van der Waals surface area contributed by atoms with Crippen molar-refractivity contribution in [3.8, 4) is 5.75 Å². The van der Waals surface area contributed by atoms with Gasteiger partial charge in [0.2, 0.25) is 0 Å². The van der Waals surface area contributed by atoms with Crippen molar-refractivity contribution in [1.82, 2.24) is 0 Å². The molecule has 0 aliphatic carbocycles. The molecule has 0 aromatic heterocycles. The Morgan fingerprint density at radius 3 is 2.33 bits per heavy atom. The molecule has 2 aromatic rings. The highest BCUT2D eigenvalue weighted by Crippen LogP contribution is 2.24. The first-order valence-electron chi connectivity index (χ1n) is 6.15. The van der Waals surface area contributed by atoms with Crippen LogP contribution in [-0.2, 0) is 0 Å². The van der Waals surface area contributed by atoms with Gasteiger partial charge in [0.25, 0.3) is 0 Å². The number of ether oxygens (including phenoxy) is 1. The highest BCUT2D eigenvalue weighted by Gasteiger charge is 2.08. The van der Waals surface area contributed by atoms with Gasteiger partial charge in [-0.1, -0.05) is 55.1 Å². The minimum absolute atomic E-state index is 0.0463. The van der Waals surface area contributed by atoms with Crippen LogP contribution in [0.3, 0.4) is 0 Å². The average Bonchev–Trinajstić information content (AvgIpc) is 2.41. The zero-order valence-corrected chi connectivity index (χ0v) is 10.9. The number of benzene rings is 2. The van der Waals surface area contributed by atoms with Gasteiger partial charge in [-0.2, -0.15) is 0 Å². The summed E-state index contributed by atoms with van der Waals surface area (Å²) in [4.78, 5) is 0. The summed E-state index contributed by atoms with van der Waals surface area (Å²) in [5, 5.41) is 0. The van der Waals surface area contributed by atoms with Crippen molar-refractivity contribution in [2.45, 2.75) is 20.0 Å². The maximum atomic E-state index is 5.98. The second-order valence-corrected chi connectivity index (χ2v) is 4.40. The van der Waals surface area contributed by atoms with Gasteiger partial charge < -0.3 is 4.74 Å². The van der Waals surface area contributed by atoms with Crippen LogP contribution in [0.1, 0.15) is 29.7 Å². The van der Waals surface area contributed by atoms with Gasteiger partial charge in [-0.3, -0.25) is 0 Å². The van der Waals surface area contributed by atoms with Gasteiger partial charge >= 0.3 is 0 Å². The first kappa shape index (κ1) is 12.4. The van der Waals surface area contributed by atoms with Crippen LogP contribution in [0.25, 0.3) is 6.08 Å². The molecule has 0 aliphatic heterocycles. The zero-order valence-electron chi connectivity index (χ0n) is 10.9. The third kappa shape index (κ3) is 2.80. The summed E-state index contributed by atoms with van der Waals surface area (Å²) in [5.74, 6) is 0.942. The lowest BCUT2D eigenvalue weighted by atomic mass is 10.1. The summed E-state index contributed by atoms with van der Waals surface area (Å²) >= 11 is 0. The van der Waals surface area contributed by atoms with E-state index >= 15 is 0 Å². The van der Waals surface area contributed by atoms with Crippen molar-refractivity contribution in [2.75, 3.05) is 0 Å². The van der Waals surface area contributed by atoms with Crippen LogP contribution < -0.4 is 4.74 Å². The summed E-state index contributed by atoms with van der Waals surface area (Å²) in [6.45, 7) is 7.88. The summed E-state index contributed by atoms with van der Waals surface area (Å²) in [7, 11) is 0. The Morgan fingerprint density at radius 2 is 1.72 bits per heavy atom. The monoisotopic (exact) mass is 238 g/mol. The van der Waals surface area contributed by atoms with E-state index in [1.165, 1.54) is 5.56 Å². The van der Waals surface area contributed by atoms with Crippen LogP contribution in [0.2, 0.25) is 0 Å². The lowest BCUT2D eigenvalue weighted by molar-refractivity contribution is 0.225. The van der Waals surface area contributed by atoms with Crippen LogP contribution >= 0.6 is 0 Å². The fourth-order valence-corrected chi connectivity index (χ4v) is 1.85. The number of hydrogen-bond acceptors (Lipinski definition) is 1. The number of para-hydroxylation sites is 1. The highest BCUT2D eigenvalue weighted by atomic mass is 16.5. The van der Waals surface area contributed by atoms with Crippen LogP contribution in [0.15, 0.2) is 55.1 Å². The number of rotatable bonds is 4. The predicted molar refractivity (Wildman–Crippen MR) is 76.8 cm³/mol. The van der Waals surface area contributed by atoms with Crippen molar-refractivity contribution < 1.29 is 4.74 Å². The van der Waals surface area contributed by atoms with E-state index < -0.39 is 0 Å². The van der Waals surface area contributed by atoms with Gasteiger partial charge in [0.1, 0.15) is 11.9 Å². The van der Waals surface area contributed by atoms with Gasteiger partial charge in [0, 0.05) is 0 Å². The summed E-state index contributed by atoms with van der Waals surface area (Å²) < 4.78 is 5.98. The minimum Gasteiger partial charge on any atom is -0.486 e. The predicted octanol–water partition coefficient (Wildman–Crippen LogP) is 4.78. The van der Waals surface area contributed by atoms with Gasteiger partial charge in [0.15, 0.2) is 0 Å². The molecule has 0 aliphatic rings. The van der Waals surface area contributed by atoms with Crippen molar-refractivity contribution >= 4 is 6.08 Å². The quantitative estimate of drug-likeness (QED) is 0.745. The molecule has 0 saturated heterocycles. The molecule has 0 heterocycles. The Hall–Kier alpha value is -2.02. The third-order valence-corrected chi connectivity index (χ3v) is 3.04. The molecule has 1 unspecified atom stereocenters. The topological polar surface area (TPSA) is 9.23 Å². The molecular weight excluding hydrogens is 220 g/mol. The van der Waals surface area contributed by atoms with Crippen LogP contribution in [0, 0.1) is 6.92 Å². The number of aryl methyl sites for hydroxylation is 1. The number of hydrogen-bond donors (Lipinski definition) is 0. The Bertz CT molecular complexity index is 526. The molecule has 0 radical (unpaired) electrons. The maximum Gasteiger partial charge on any atom is 0.123 e. The van der Waals surface area contributed by atoms with Gasteiger partial charge in [-0.05, 0) is 36.6 Å². The standard InChI is InChI=1S/C17H18O/c1-4-15-9-11-16(12-10-15)14(3)18-17-8-6-5-7-13(17)2/h4-12,14H,1H2,2-3H3. The fraction of sp³-hybridized carbons (Fsp3) is 0.176. The van der Waals surface area contributed by atoms with Gasteiger partial charge in [-0.25, -0.2) is 0 Å². The van der Waals surface area contributed by atoms with Crippen molar-refractivity contribution in [3.63, 3.8) is 0 Å². The Morgan fingerprint density at radius 1 is 1.06 bits per heavy atom. The molecule has 0 saturated carbocycles. The average molecular weight is 238 g/mol. The van der Waals surface area contributed by atoms with E-state index in [0.29, 0.717) is 0 Å². The van der Waals surface area contributed by atoms with Crippen molar-refractivity contribution in [3.05, 3.63) is 71.8 Å². The molecule has 0 bridgehead atoms. The summed E-state index contributed by atoms with van der Waals surface area (Å²) in [6, 6.07) is 16.4. The molecular formula is C17H18O. The zero-order chi connectivity index (χ0) is 13.0. The lowest BCUT2D eigenvalue weighted by Gasteiger charge is -2.16. The molecule has 1 heteroatoms. The van der Waals surface area contributed by atoms with Crippen LogP contribution in [0.4, 0.5) is 0 Å². The van der Waals surface area contributed by atoms with Crippen LogP contribution in [0.5, 0.6) is 5.75 Å². The van der Waals surface area contributed by atoms with E-state index in [4.69, 9.17) is 4.74 Å². The van der Waals surface area contributed by atoms with Crippen molar-refractivity contribution in [1.29, 1.82) is 0 Å².